The molecule has 0 radical (unpaired) electrons. The number of hydrogen-bond acceptors (Lipinski definition) is 6. The fourth-order valence-corrected chi connectivity index (χ4v) is 6.23. The van der Waals surface area contributed by atoms with Crippen LogP contribution in [0.3, 0.4) is 0 Å². The Morgan fingerprint density at radius 3 is 2.38 bits per heavy atom. The largest absolute Gasteiger partial charge is 0.493 e. The number of carbonyl (C=O) groups excluding carboxylic acids is 1. The van der Waals surface area contributed by atoms with Crippen molar-refractivity contribution < 1.29 is 19.0 Å². The van der Waals surface area contributed by atoms with Crippen LogP contribution >= 0.6 is 11.3 Å². The number of anilines is 1. The molecule has 186 valence electrons. The van der Waals surface area contributed by atoms with Crippen LogP contribution in [-0.4, -0.2) is 20.0 Å². The summed E-state index contributed by atoms with van der Waals surface area (Å²) in [6.45, 7) is 0. The van der Waals surface area contributed by atoms with Crippen LogP contribution in [0.5, 0.6) is 23.0 Å². The minimum absolute atomic E-state index is 0.173. The number of nitrogens with one attached hydrogen (secondary N) is 1. The van der Waals surface area contributed by atoms with Crippen molar-refractivity contribution in [1.82, 2.24) is 0 Å². The molecule has 2 aliphatic rings. The van der Waals surface area contributed by atoms with Gasteiger partial charge in [0, 0.05) is 46.2 Å². The van der Waals surface area contributed by atoms with E-state index in [4.69, 9.17) is 14.2 Å². The summed E-state index contributed by atoms with van der Waals surface area (Å²) in [5.41, 5.74) is 4.71. The van der Waals surface area contributed by atoms with Gasteiger partial charge in [0.15, 0.2) is 17.3 Å². The van der Waals surface area contributed by atoms with Gasteiger partial charge in [-0.2, -0.15) is 0 Å². The maximum absolute atomic E-state index is 13.8. The van der Waals surface area contributed by atoms with Crippen molar-refractivity contribution in [2.24, 2.45) is 0 Å². The van der Waals surface area contributed by atoms with Crippen LogP contribution in [0.15, 0.2) is 95.5 Å². The zero-order valence-electron chi connectivity index (χ0n) is 20.7. The molecule has 0 amide bonds. The van der Waals surface area contributed by atoms with Crippen molar-refractivity contribution >= 4 is 22.8 Å². The molecule has 2 atom stereocenters. The standard InChI is InChI=1S/C31H27NO4S/c1-34-27-17-23-24(18-28(27)35-2)32-25-15-20(29-12-7-13-37-29)16-26(33)31(25)30(23)19-8-6-11-22(14-19)36-21-9-4-3-5-10-21/h3-14,17-18,20,30,32H,15-16H2,1-2H3. The maximum Gasteiger partial charge on any atom is 0.162 e. The third kappa shape index (κ3) is 4.38. The average Bonchev–Trinajstić information content (AvgIpc) is 3.47. The molecule has 0 bridgehead atoms. The average molecular weight is 510 g/mol. The second kappa shape index (κ2) is 9.79. The van der Waals surface area contributed by atoms with E-state index in [1.807, 2.05) is 60.7 Å². The molecule has 6 rings (SSSR count). The molecular weight excluding hydrogens is 482 g/mol. The van der Waals surface area contributed by atoms with E-state index in [1.165, 1.54) is 4.88 Å². The van der Waals surface area contributed by atoms with E-state index in [2.05, 4.69) is 28.9 Å². The highest BCUT2D eigenvalue weighted by atomic mass is 32.1. The smallest absolute Gasteiger partial charge is 0.162 e. The molecule has 4 aromatic rings. The van der Waals surface area contributed by atoms with E-state index in [0.717, 1.165) is 46.0 Å². The van der Waals surface area contributed by atoms with Crippen LogP contribution in [0.2, 0.25) is 0 Å². The van der Waals surface area contributed by atoms with E-state index in [9.17, 15) is 4.79 Å². The molecule has 5 nitrogen and oxygen atoms in total. The Bertz CT molecular complexity index is 1480. The minimum atomic E-state index is -0.248. The third-order valence-corrected chi connectivity index (χ3v) is 8.10. The van der Waals surface area contributed by atoms with Crippen LogP contribution in [0, 0.1) is 0 Å². The number of methoxy groups -OCH3 is 2. The quantitative estimate of drug-likeness (QED) is 0.291. The van der Waals surface area contributed by atoms with Crippen molar-refractivity contribution in [3.63, 3.8) is 0 Å². The predicted octanol–water partition coefficient (Wildman–Crippen LogP) is 7.52. The second-order valence-electron chi connectivity index (χ2n) is 9.28. The monoisotopic (exact) mass is 509 g/mol. The van der Waals surface area contributed by atoms with Gasteiger partial charge in [-0.1, -0.05) is 36.4 Å². The number of ether oxygens (including phenoxy) is 3. The summed E-state index contributed by atoms with van der Waals surface area (Å²) in [4.78, 5) is 15.0. The first kappa shape index (κ1) is 23.4. The Hall–Kier alpha value is -4.03. The fourth-order valence-electron chi connectivity index (χ4n) is 5.40. The molecule has 0 spiro atoms. The zero-order chi connectivity index (χ0) is 25.4. The van der Waals surface area contributed by atoms with Crippen LogP contribution in [0.4, 0.5) is 5.69 Å². The van der Waals surface area contributed by atoms with Crippen LogP contribution in [-0.2, 0) is 4.79 Å². The highest BCUT2D eigenvalue weighted by Gasteiger charge is 2.39. The molecule has 3 aromatic carbocycles. The SMILES string of the molecule is COc1cc2c(cc1OC)C(c1cccc(Oc3ccccc3)c1)C1=C(CC(c3cccs3)CC1=O)N2. The van der Waals surface area contributed by atoms with Gasteiger partial charge in [-0.15, -0.1) is 11.3 Å². The molecule has 0 saturated carbocycles. The topological polar surface area (TPSA) is 56.8 Å². The summed E-state index contributed by atoms with van der Waals surface area (Å²) in [6, 6.07) is 25.9. The van der Waals surface area contributed by atoms with Gasteiger partial charge in [-0.3, -0.25) is 4.79 Å². The van der Waals surface area contributed by atoms with Gasteiger partial charge < -0.3 is 19.5 Å². The molecule has 2 heterocycles. The predicted molar refractivity (Wildman–Crippen MR) is 146 cm³/mol. The van der Waals surface area contributed by atoms with E-state index in [-0.39, 0.29) is 17.6 Å². The van der Waals surface area contributed by atoms with E-state index in [1.54, 1.807) is 25.6 Å². The number of Topliss-reactive ketones (excluding diaryl/α,β-unsaturated/α-hetero) is 1. The number of para-hydroxylation sites is 1. The summed E-state index contributed by atoms with van der Waals surface area (Å²) < 4.78 is 17.4. The lowest BCUT2D eigenvalue weighted by molar-refractivity contribution is -0.116. The number of ketones is 1. The Morgan fingerprint density at radius 2 is 1.62 bits per heavy atom. The number of benzene rings is 3. The molecule has 2 unspecified atom stereocenters. The molecule has 6 heteroatoms. The van der Waals surface area contributed by atoms with Gasteiger partial charge in [0.25, 0.3) is 0 Å². The lowest BCUT2D eigenvalue weighted by Gasteiger charge is -2.36. The molecule has 1 aliphatic carbocycles. The summed E-state index contributed by atoms with van der Waals surface area (Å²) in [5.74, 6) is 2.88. The first-order valence-electron chi connectivity index (χ1n) is 12.3. The fraction of sp³-hybridized carbons (Fsp3) is 0.194. The second-order valence-corrected chi connectivity index (χ2v) is 10.3. The van der Waals surface area contributed by atoms with Crippen molar-refractivity contribution in [2.45, 2.75) is 24.7 Å². The molecule has 1 N–H and O–H groups in total. The van der Waals surface area contributed by atoms with Crippen LogP contribution < -0.4 is 19.5 Å². The zero-order valence-corrected chi connectivity index (χ0v) is 21.5. The van der Waals surface area contributed by atoms with Gasteiger partial charge in [0.1, 0.15) is 11.5 Å². The number of fused-ring (bicyclic) bond motifs is 1. The summed E-state index contributed by atoms with van der Waals surface area (Å²) in [5, 5.41) is 5.67. The molecule has 37 heavy (non-hydrogen) atoms. The van der Waals surface area contributed by atoms with Crippen LogP contribution in [0.1, 0.15) is 40.7 Å². The van der Waals surface area contributed by atoms with E-state index >= 15 is 0 Å². The molecule has 0 fully saturated rings. The lowest BCUT2D eigenvalue weighted by atomic mass is 9.73. The maximum atomic E-state index is 13.8. The highest BCUT2D eigenvalue weighted by molar-refractivity contribution is 7.10. The first-order chi connectivity index (χ1) is 18.1. The van der Waals surface area contributed by atoms with E-state index < -0.39 is 0 Å². The van der Waals surface area contributed by atoms with Gasteiger partial charge in [-0.25, -0.2) is 0 Å². The molecule has 1 aliphatic heterocycles. The van der Waals surface area contributed by atoms with Crippen molar-refractivity contribution in [2.75, 3.05) is 19.5 Å². The van der Waals surface area contributed by atoms with Crippen molar-refractivity contribution in [3.05, 3.63) is 112 Å². The Kier molecular flexibility index (Phi) is 6.18. The Morgan fingerprint density at radius 1 is 0.838 bits per heavy atom. The lowest BCUT2D eigenvalue weighted by Crippen LogP contribution is -2.29. The summed E-state index contributed by atoms with van der Waals surface area (Å²) in [6.07, 6.45) is 1.28. The number of rotatable bonds is 6. The van der Waals surface area contributed by atoms with Crippen LogP contribution in [0.25, 0.3) is 0 Å². The van der Waals surface area contributed by atoms with Gasteiger partial charge in [-0.05, 0) is 59.3 Å². The van der Waals surface area contributed by atoms with E-state index in [0.29, 0.717) is 17.9 Å². The third-order valence-electron chi connectivity index (χ3n) is 7.06. The Balaban J connectivity index is 1.47. The number of hydrogen-bond donors (Lipinski definition) is 1. The molecule has 1 aromatic heterocycles. The Labute approximate surface area is 220 Å². The number of allylic oxidation sites excluding steroid dienone is 2. The molecular formula is C31H27NO4S. The molecule has 0 saturated heterocycles. The number of thiophene rings is 1. The summed E-state index contributed by atoms with van der Waals surface area (Å²) in [7, 11) is 3.27. The normalized spacial score (nSPS) is 18.5. The number of carbonyl (C=O) groups is 1. The van der Waals surface area contributed by atoms with Gasteiger partial charge in [0.05, 0.1) is 14.2 Å². The first-order valence-corrected chi connectivity index (χ1v) is 13.2. The minimum Gasteiger partial charge on any atom is -0.493 e. The summed E-state index contributed by atoms with van der Waals surface area (Å²) >= 11 is 1.71. The highest BCUT2D eigenvalue weighted by Crippen LogP contribution is 2.51. The van der Waals surface area contributed by atoms with Gasteiger partial charge in [0.2, 0.25) is 0 Å². The van der Waals surface area contributed by atoms with Crippen molar-refractivity contribution in [3.8, 4) is 23.0 Å². The van der Waals surface area contributed by atoms with Crippen molar-refractivity contribution in [1.29, 1.82) is 0 Å². The van der Waals surface area contributed by atoms with Gasteiger partial charge >= 0.3 is 0 Å².